The minimum absolute atomic E-state index is 0.0353. The van der Waals surface area contributed by atoms with Gasteiger partial charge in [0.05, 0.1) is 23.6 Å². The van der Waals surface area contributed by atoms with E-state index in [4.69, 9.17) is 4.74 Å². The second-order valence-corrected chi connectivity index (χ2v) is 5.50. The number of anilines is 1. The van der Waals surface area contributed by atoms with Crippen molar-refractivity contribution >= 4 is 11.8 Å². The number of carbonyl (C=O) groups is 1. The first kappa shape index (κ1) is 16.1. The molecule has 6 nitrogen and oxygen atoms in total. The van der Waals surface area contributed by atoms with Crippen molar-refractivity contribution in [1.29, 1.82) is 5.26 Å². The molecule has 2 rings (SSSR count). The predicted octanol–water partition coefficient (Wildman–Crippen LogP) is 2.29. The number of nitrogens with one attached hydrogen (secondary N) is 1. The number of ether oxygens (including phenoxy) is 1. The average molecular weight is 302 g/mol. The molecule has 1 atom stereocenters. The Morgan fingerprint density at radius 3 is 3.05 bits per heavy atom. The maximum Gasteiger partial charge on any atom is 0.407 e. The standard InChI is InChI=1S/C16H22N4O2/c1-4-22-16(21)19-13-6-5-7-20(10-13)15-8-11(2)18-12(3)14(15)9-17/h8,13H,4-7,10H2,1-3H3,(H,19,21). The number of piperidine rings is 1. The number of amides is 1. The van der Waals surface area contributed by atoms with Gasteiger partial charge in [0.15, 0.2) is 0 Å². The molecule has 1 aliphatic heterocycles. The number of hydrogen-bond donors (Lipinski definition) is 1. The molecule has 0 radical (unpaired) electrons. The highest BCUT2D eigenvalue weighted by molar-refractivity contribution is 5.68. The zero-order chi connectivity index (χ0) is 16.1. The maximum atomic E-state index is 11.6. The summed E-state index contributed by atoms with van der Waals surface area (Å²) in [7, 11) is 0. The number of nitriles is 1. The predicted molar refractivity (Wildman–Crippen MR) is 83.8 cm³/mol. The molecule has 1 saturated heterocycles. The lowest BCUT2D eigenvalue weighted by molar-refractivity contribution is 0.146. The Balaban J connectivity index is 2.16. The lowest BCUT2D eigenvalue weighted by Gasteiger charge is -2.35. The topological polar surface area (TPSA) is 78.2 Å². The van der Waals surface area contributed by atoms with Gasteiger partial charge < -0.3 is 15.0 Å². The number of rotatable bonds is 3. The van der Waals surface area contributed by atoms with Crippen LogP contribution in [0.4, 0.5) is 10.5 Å². The first-order valence-electron chi connectivity index (χ1n) is 7.61. The highest BCUT2D eigenvalue weighted by atomic mass is 16.5. The van der Waals surface area contributed by atoms with E-state index in [0.717, 1.165) is 36.5 Å². The Labute approximate surface area is 131 Å². The van der Waals surface area contributed by atoms with Gasteiger partial charge >= 0.3 is 6.09 Å². The molecule has 0 aromatic carbocycles. The van der Waals surface area contributed by atoms with Crippen molar-refractivity contribution in [2.45, 2.75) is 39.7 Å². The summed E-state index contributed by atoms with van der Waals surface area (Å²) in [5, 5.41) is 12.3. The number of hydrogen-bond acceptors (Lipinski definition) is 5. The van der Waals surface area contributed by atoms with Crippen molar-refractivity contribution < 1.29 is 9.53 Å². The molecule has 1 N–H and O–H groups in total. The molecule has 0 spiro atoms. The van der Waals surface area contributed by atoms with Crippen LogP contribution < -0.4 is 10.2 Å². The third-order valence-electron chi connectivity index (χ3n) is 3.78. The Kier molecular flexibility index (Phi) is 5.21. The molecule has 1 fully saturated rings. The molecule has 1 amide bonds. The smallest absolute Gasteiger partial charge is 0.407 e. The fraction of sp³-hybridized carbons (Fsp3) is 0.562. The third-order valence-corrected chi connectivity index (χ3v) is 3.78. The lowest BCUT2D eigenvalue weighted by Crippen LogP contribution is -2.48. The molecule has 22 heavy (non-hydrogen) atoms. The molecule has 6 heteroatoms. The van der Waals surface area contributed by atoms with E-state index in [2.05, 4.69) is 21.3 Å². The monoisotopic (exact) mass is 302 g/mol. The summed E-state index contributed by atoms with van der Waals surface area (Å²) >= 11 is 0. The van der Waals surface area contributed by atoms with Crippen LogP contribution in [-0.4, -0.2) is 36.8 Å². The molecule has 118 valence electrons. The largest absolute Gasteiger partial charge is 0.450 e. The van der Waals surface area contributed by atoms with Crippen molar-refractivity contribution in [3.8, 4) is 6.07 Å². The first-order valence-corrected chi connectivity index (χ1v) is 7.61. The molecule has 1 aromatic heterocycles. The van der Waals surface area contributed by atoms with E-state index >= 15 is 0 Å². The van der Waals surface area contributed by atoms with Gasteiger partial charge in [0.2, 0.25) is 0 Å². The number of aryl methyl sites for hydroxylation is 2. The highest BCUT2D eigenvalue weighted by Gasteiger charge is 2.24. The summed E-state index contributed by atoms with van der Waals surface area (Å²) < 4.78 is 4.94. The van der Waals surface area contributed by atoms with Crippen LogP contribution >= 0.6 is 0 Å². The minimum atomic E-state index is -0.378. The number of pyridine rings is 1. The number of alkyl carbamates (subject to hydrolysis) is 1. The van der Waals surface area contributed by atoms with Gasteiger partial charge in [-0.1, -0.05) is 0 Å². The van der Waals surface area contributed by atoms with Gasteiger partial charge in [0.1, 0.15) is 6.07 Å². The van der Waals surface area contributed by atoms with Gasteiger partial charge in [0.25, 0.3) is 0 Å². The summed E-state index contributed by atoms with van der Waals surface area (Å²) in [6.45, 7) is 7.48. The van der Waals surface area contributed by atoms with Crippen LogP contribution in [-0.2, 0) is 4.74 Å². The molecular weight excluding hydrogens is 280 g/mol. The van der Waals surface area contributed by atoms with E-state index in [0.29, 0.717) is 18.7 Å². The molecule has 0 aliphatic carbocycles. The summed E-state index contributed by atoms with van der Waals surface area (Å²) in [5.74, 6) is 0. The van der Waals surface area contributed by atoms with E-state index < -0.39 is 0 Å². The van der Waals surface area contributed by atoms with E-state index in [9.17, 15) is 10.1 Å². The molecule has 0 bridgehead atoms. The molecule has 1 unspecified atom stereocenters. The maximum absolute atomic E-state index is 11.6. The zero-order valence-corrected chi connectivity index (χ0v) is 13.3. The summed E-state index contributed by atoms with van der Waals surface area (Å²) in [4.78, 5) is 18.1. The second kappa shape index (κ2) is 7.12. The van der Waals surface area contributed by atoms with Gasteiger partial charge in [-0.25, -0.2) is 4.79 Å². The number of aromatic nitrogens is 1. The molecule has 2 heterocycles. The molecular formula is C16H22N4O2. The molecule has 1 aromatic rings. The van der Waals surface area contributed by atoms with Crippen LogP contribution in [0.2, 0.25) is 0 Å². The van der Waals surface area contributed by atoms with Crippen LogP contribution in [0.1, 0.15) is 36.7 Å². The van der Waals surface area contributed by atoms with Gasteiger partial charge in [0, 0.05) is 24.8 Å². The number of nitrogens with zero attached hydrogens (tertiary/aromatic N) is 3. The fourth-order valence-electron chi connectivity index (χ4n) is 2.85. The van der Waals surface area contributed by atoms with Crippen molar-refractivity contribution in [3.05, 3.63) is 23.0 Å². The quantitative estimate of drug-likeness (QED) is 0.926. The van der Waals surface area contributed by atoms with Gasteiger partial charge in [-0.2, -0.15) is 5.26 Å². The van der Waals surface area contributed by atoms with Crippen molar-refractivity contribution in [2.75, 3.05) is 24.6 Å². The summed E-state index contributed by atoms with van der Waals surface area (Å²) in [5.41, 5.74) is 3.16. The van der Waals surface area contributed by atoms with Crippen LogP contribution in [0.5, 0.6) is 0 Å². The Morgan fingerprint density at radius 1 is 1.59 bits per heavy atom. The molecule has 1 aliphatic rings. The van der Waals surface area contributed by atoms with Crippen LogP contribution in [0, 0.1) is 25.2 Å². The van der Waals surface area contributed by atoms with E-state index in [1.165, 1.54) is 0 Å². The summed E-state index contributed by atoms with van der Waals surface area (Å²) in [6.07, 6.45) is 1.50. The van der Waals surface area contributed by atoms with Gasteiger partial charge in [-0.15, -0.1) is 0 Å². The van der Waals surface area contributed by atoms with Crippen molar-refractivity contribution in [1.82, 2.24) is 10.3 Å². The fourth-order valence-corrected chi connectivity index (χ4v) is 2.85. The number of carbonyl (C=O) groups excluding carboxylic acids is 1. The van der Waals surface area contributed by atoms with Crippen molar-refractivity contribution in [2.24, 2.45) is 0 Å². The second-order valence-electron chi connectivity index (χ2n) is 5.50. The Morgan fingerprint density at radius 2 is 2.36 bits per heavy atom. The highest BCUT2D eigenvalue weighted by Crippen LogP contribution is 2.26. The minimum Gasteiger partial charge on any atom is -0.450 e. The van der Waals surface area contributed by atoms with Gasteiger partial charge in [-0.3, -0.25) is 4.98 Å². The lowest BCUT2D eigenvalue weighted by atomic mass is 10.0. The van der Waals surface area contributed by atoms with Crippen LogP contribution in [0.25, 0.3) is 0 Å². The first-order chi connectivity index (χ1) is 10.5. The molecule has 0 saturated carbocycles. The normalized spacial score (nSPS) is 17.7. The van der Waals surface area contributed by atoms with E-state index in [-0.39, 0.29) is 12.1 Å². The zero-order valence-electron chi connectivity index (χ0n) is 13.3. The van der Waals surface area contributed by atoms with Crippen LogP contribution in [0.15, 0.2) is 6.07 Å². The van der Waals surface area contributed by atoms with E-state index in [1.54, 1.807) is 6.92 Å². The third kappa shape index (κ3) is 3.67. The summed E-state index contributed by atoms with van der Waals surface area (Å²) in [6, 6.07) is 4.23. The SMILES string of the molecule is CCOC(=O)NC1CCCN(c2cc(C)nc(C)c2C#N)C1. The van der Waals surface area contributed by atoms with Gasteiger partial charge in [-0.05, 0) is 39.7 Å². The van der Waals surface area contributed by atoms with E-state index in [1.807, 2.05) is 19.9 Å². The Bertz CT molecular complexity index is 595. The van der Waals surface area contributed by atoms with Crippen molar-refractivity contribution in [3.63, 3.8) is 0 Å². The van der Waals surface area contributed by atoms with Crippen LogP contribution in [0.3, 0.4) is 0 Å². The average Bonchev–Trinajstić information content (AvgIpc) is 2.47. The Hall–Kier alpha value is -2.29.